The molecule has 0 N–H and O–H groups in total. The molecular formula is C29H21F6N5O4. The van der Waals surface area contributed by atoms with E-state index in [1.165, 1.54) is 54.7 Å². The molecule has 2 aromatic heterocycles. The molecule has 228 valence electrons. The fourth-order valence-corrected chi connectivity index (χ4v) is 4.27. The number of alkyl halides is 6. The molecule has 0 saturated carbocycles. The molecule has 9 nitrogen and oxygen atoms in total. The lowest BCUT2D eigenvalue weighted by Crippen LogP contribution is -2.50. The van der Waals surface area contributed by atoms with Crippen molar-refractivity contribution in [3.8, 4) is 28.7 Å². The molecule has 1 aliphatic rings. The molecule has 5 rings (SSSR count). The second kappa shape index (κ2) is 12.2. The zero-order chi connectivity index (χ0) is 31.5. The topological polar surface area (TPSA) is 102 Å². The molecule has 0 aliphatic carbocycles. The highest BCUT2D eigenvalue weighted by Crippen LogP contribution is 2.31. The Bertz CT molecular complexity index is 1640. The average Bonchev–Trinajstić information content (AvgIpc) is 3.50. The maximum absolute atomic E-state index is 13.0. The number of aromatic nitrogens is 3. The molecule has 1 fully saturated rings. The van der Waals surface area contributed by atoms with Crippen molar-refractivity contribution in [1.82, 2.24) is 24.9 Å². The summed E-state index contributed by atoms with van der Waals surface area (Å²) in [6.45, 7) is 1.08. The summed E-state index contributed by atoms with van der Waals surface area (Å²) in [5.41, 5.74) is 0.573. The van der Waals surface area contributed by atoms with Gasteiger partial charge in [-0.15, -0.1) is 13.2 Å². The van der Waals surface area contributed by atoms with Gasteiger partial charge < -0.3 is 19.1 Å². The summed E-state index contributed by atoms with van der Waals surface area (Å²) in [6, 6.07) is 12.4. The molecule has 0 radical (unpaired) electrons. The number of nitrogens with zero attached hydrogens (tertiary/aromatic N) is 5. The Morgan fingerprint density at radius 1 is 0.841 bits per heavy atom. The number of ether oxygens (including phenoxy) is 1. The Hall–Kier alpha value is -5.21. The number of rotatable bonds is 6. The highest BCUT2D eigenvalue weighted by molar-refractivity contribution is 5.95. The standard InChI is InChI=1S/C29H21F6N5O4/c30-28(31,32)21-7-4-19(5-8-21)25-37-26(44-38-25)23-11-6-20(17-36-23)27(42)40-15-13-39(14-16-40)24(41)12-3-18-1-9-22(10-2-18)43-29(33,34)35/h1-12,17H,13-16H2/b12-3+. The van der Waals surface area contributed by atoms with Gasteiger partial charge in [-0.3, -0.25) is 14.6 Å². The van der Waals surface area contributed by atoms with Gasteiger partial charge >= 0.3 is 12.5 Å². The molecule has 2 amide bonds. The second-order valence-corrected chi connectivity index (χ2v) is 9.50. The van der Waals surface area contributed by atoms with Crippen LogP contribution in [0.15, 0.2) is 77.5 Å². The third-order valence-corrected chi connectivity index (χ3v) is 6.54. The number of piperazine rings is 1. The summed E-state index contributed by atoms with van der Waals surface area (Å²) >= 11 is 0. The Labute approximate surface area is 245 Å². The molecule has 3 heterocycles. The second-order valence-electron chi connectivity index (χ2n) is 9.50. The molecular weight excluding hydrogens is 596 g/mol. The van der Waals surface area contributed by atoms with Crippen LogP contribution in [0.5, 0.6) is 5.75 Å². The van der Waals surface area contributed by atoms with Crippen LogP contribution in [0.1, 0.15) is 21.5 Å². The Kier molecular flexibility index (Phi) is 8.38. The van der Waals surface area contributed by atoms with Gasteiger partial charge in [-0.05, 0) is 48.0 Å². The van der Waals surface area contributed by atoms with Gasteiger partial charge in [-0.2, -0.15) is 18.2 Å². The average molecular weight is 618 g/mol. The normalized spacial score (nSPS) is 14.2. The van der Waals surface area contributed by atoms with Crippen LogP contribution in [-0.2, 0) is 11.0 Å². The number of benzene rings is 2. The summed E-state index contributed by atoms with van der Waals surface area (Å²) in [5, 5.41) is 3.79. The van der Waals surface area contributed by atoms with Crippen molar-refractivity contribution in [2.75, 3.05) is 26.2 Å². The number of carbonyl (C=O) groups excluding carboxylic acids is 2. The molecule has 0 unspecified atom stereocenters. The number of amides is 2. The summed E-state index contributed by atoms with van der Waals surface area (Å²) in [5.74, 6) is -0.888. The van der Waals surface area contributed by atoms with Crippen molar-refractivity contribution >= 4 is 17.9 Å². The number of hydrogen-bond acceptors (Lipinski definition) is 7. The van der Waals surface area contributed by atoms with Gasteiger partial charge in [0.25, 0.3) is 11.8 Å². The fourth-order valence-electron chi connectivity index (χ4n) is 4.27. The van der Waals surface area contributed by atoms with Gasteiger partial charge in [-0.1, -0.05) is 29.4 Å². The molecule has 15 heteroatoms. The third kappa shape index (κ3) is 7.40. The first-order valence-electron chi connectivity index (χ1n) is 13.0. The van der Waals surface area contributed by atoms with Crippen molar-refractivity contribution in [2.24, 2.45) is 0 Å². The first-order valence-corrected chi connectivity index (χ1v) is 13.0. The number of pyridine rings is 1. The maximum Gasteiger partial charge on any atom is 0.573 e. The van der Waals surface area contributed by atoms with Crippen LogP contribution in [0.3, 0.4) is 0 Å². The van der Waals surface area contributed by atoms with E-state index >= 15 is 0 Å². The van der Waals surface area contributed by atoms with Gasteiger partial charge in [0.2, 0.25) is 11.7 Å². The van der Waals surface area contributed by atoms with E-state index in [2.05, 4.69) is 19.9 Å². The predicted octanol–water partition coefficient (Wildman–Crippen LogP) is 5.71. The summed E-state index contributed by atoms with van der Waals surface area (Å²) in [6.07, 6.45) is -5.14. The molecule has 0 spiro atoms. The first kappa shape index (κ1) is 30.3. The van der Waals surface area contributed by atoms with E-state index in [9.17, 15) is 35.9 Å². The van der Waals surface area contributed by atoms with Crippen LogP contribution in [0.25, 0.3) is 29.0 Å². The molecule has 4 aromatic rings. The molecule has 44 heavy (non-hydrogen) atoms. The highest BCUT2D eigenvalue weighted by atomic mass is 19.4. The minimum Gasteiger partial charge on any atom is -0.406 e. The van der Waals surface area contributed by atoms with E-state index < -0.39 is 18.1 Å². The monoisotopic (exact) mass is 617 g/mol. The number of carbonyl (C=O) groups is 2. The Morgan fingerprint density at radius 3 is 2.09 bits per heavy atom. The predicted molar refractivity (Wildman–Crippen MR) is 143 cm³/mol. The number of hydrogen-bond donors (Lipinski definition) is 0. The molecule has 0 bridgehead atoms. The molecule has 0 atom stereocenters. The van der Waals surface area contributed by atoms with E-state index in [0.29, 0.717) is 11.1 Å². The van der Waals surface area contributed by atoms with Crippen molar-refractivity contribution in [3.63, 3.8) is 0 Å². The van der Waals surface area contributed by atoms with Crippen LogP contribution in [0.2, 0.25) is 0 Å². The van der Waals surface area contributed by atoms with Crippen LogP contribution in [0.4, 0.5) is 26.3 Å². The van der Waals surface area contributed by atoms with Crippen molar-refractivity contribution in [1.29, 1.82) is 0 Å². The van der Waals surface area contributed by atoms with Gasteiger partial charge in [0.15, 0.2) is 0 Å². The lowest BCUT2D eigenvalue weighted by molar-refractivity contribution is -0.274. The number of halogens is 6. The highest BCUT2D eigenvalue weighted by Gasteiger charge is 2.31. The van der Waals surface area contributed by atoms with Crippen molar-refractivity contribution < 1.29 is 45.2 Å². The van der Waals surface area contributed by atoms with Gasteiger partial charge in [0.05, 0.1) is 11.1 Å². The van der Waals surface area contributed by atoms with E-state index in [4.69, 9.17) is 4.52 Å². The fraction of sp³-hybridized carbons (Fsp3) is 0.207. The Morgan fingerprint density at radius 2 is 1.50 bits per heavy atom. The van der Waals surface area contributed by atoms with Crippen LogP contribution in [-0.4, -0.2) is 69.3 Å². The largest absolute Gasteiger partial charge is 0.573 e. The minimum atomic E-state index is -4.79. The van der Waals surface area contributed by atoms with E-state index in [1.54, 1.807) is 9.80 Å². The van der Waals surface area contributed by atoms with E-state index in [0.717, 1.165) is 24.3 Å². The summed E-state index contributed by atoms with van der Waals surface area (Å²) in [4.78, 5) is 37.1. The smallest absolute Gasteiger partial charge is 0.406 e. The SMILES string of the molecule is O=C(/C=C/c1ccc(OC(F)(F)F)cc1)N1CCN(C(=O)c2ccc(-c3nc(-c4ccc(C(F)(F)F)cc4)no3)nc2)CC1. The van der Waals surface area contributed by atoms with E-state index in [1.807, 2.05) is 0 Å². The molecule has 1 saturated heterocycles. The van der Waals surface area contributed by atoms with Crippen LogP contribution in [0, 0.1) is 0 Å². The summed E-state index contributed by atoms with van der Waals surface area (Å²) < 4.78 is 84.3. The lowest BCUT2D eigenvalue weighted by atomic mass is 10.1. The molecule has 2 aromatic carbocycles. The maximum atomic E-state index is 13.0. The lowest BCUT2D eigenvalue weighted by Gasteiger charge is -2.34. The summed E-state index contributed by atoms with van der Waals surface area (Å²) in [7, 11) is 0. The van der Waals surface area contributed by atoms with Crippen molar-refractivity contribution in [3.05, 3.63) is 89.6 Å². The van der Waals surface area contributed by atoms with Gasteiger partial charge in [0, 0.05) is 44.0 Å². The zero-order valence-corrected chi connectivity index (χ0v) is 22.5. The zero-order valence-electron chi connectivity index (χ0n) is 22.5. The molecule has 1 aliphatic heterocycles. The quantitative estimate of drug-likeness (QED) is 0.202. The van der Waals surface area contributed by atoms with Crippen LogP contribution < -0.4 is 4.74 Å². The first-order chi connectivity index (χ1) is 20.9. The van der Waals surface area contributed by atoms with E-state index in [-0.39, 0.29) is 66.7 Å². The van der Waals surface area contributed by atoms with Crippen molar-refractivity contribution in [2.45, 2.75) is 12.5 Å². The third-order valence-electron chi connectivity index (χ3n) is 6.54. The Balaban J connectivity index is 1.13. The minimum absolute atomic E-state index is 0.0182. The van der Waals surface area contributed by atoms with Gasteiger partial charge in [0.1, 0.15) is 11.4 Å². The van der Waals surface area contributed by atoms with Gasteiger partial charge in [-0.25, -0.2) is 0 Å². The van der Waals surface area contributed by atoms with Crippen LogP contribution >= 0.6 is 0 Å².